The third kappa shape index (κ3) is 3.44. The molecule has 2 aromatic rings. The summed E-state index contributed by atoms with van der Waals surface area (Å²) >= 11 is 1.70. The number of benzene rings is 1. The van der Waals surface area contributed by atoms with E-state index in [0.29, 0.717) is 6.61 Å². The van der Waals surface area contributed by atoms with Crippen LogP contribution in [0.1, 0.15) is 54.1 Å². The van der Waals surface area contributed by atoms with Crippen molar-refractivity contribution in [2.45, 2.75) is 51.7 Å². The number of aromatic nitrogens is 1. The van der Waals surface area contributed by atoms with Gasteiger partial charge in [-0.25, -0.2) is 4.98 Å². The Morgan fingerprint density at radius 2 is 2.33 bits per heavy atom. The molecule has 1 heterocycles. The van der Waals surface area contributed by atoms with Gasteiger partial charge in [0.2, 0.25) is 0 Å². The molecule has 1 unspecified atom stereocenters. The third-order valence-corrected chi connectivity index (χ3v) is 4.81. The molecule has 0 radical (unpaired) electrons. The van der Waals surface area contributed by atoms with Crippen molar-refractivity contribution in [2.75, 3.05) is 0 Å². The first-order valence-electron chi connectivity index (χ1n) is 7.63. The van der Waals surface area contributed by atoms with Crippen LogP contribution in [0.25, 0.3) is 0 Å². The SMILES string of the molecule is CCCc1nc(COc2ccc3c(c2)C(O)CCC3)cs1. The number of rotatable bonds is 5. The number of aliphatic hydroxyl groups is 1. The lowest BCUT2D eigenvalue weighted by molar-refractivity contribution is 0.156. The lowest BCUT2D eigenvalue weighted by Gasteiger charge is -2.21. The van der Waals surface area contributed by atoms with Gasteiger partial charge >= 0.3 is 0 Å². The Morgan fingerprint density at radius 3 is 3.19 bits per heavy atom. The zero-order valence-electron chi connectivity index (χ0n) is 12.3. The molecule has 0 bridgehead atoms. The summed E-state index contributed by atoms with van der Waals surface area (Å²) in [7, 11) is 0. The average molecular weight is 303 g/mol. The first-order valence-corrected chi connectivity index (χ1v) is 8.51. The van der Waals surface area contributed by atoms with E-state index >= 15 is 0 Å². The van der Waals surface area contributed by atoms with Crippen molar-refractivity contribution in [1.29, 1.82) is 0 Å². The second-order valence-corrected chi connectivity index (χ2v) is 6.48. The Morgan fingerprint density at radius 1 is 1.43 bits per heavy atom. The Kier molecular flexibility index (Phi) is 4.56. The van der Waals surface area contributed by atoms with Gasteiger partial charge in [-0.2, -0.15) is 0 Å². The van der Waals surface area contributed by atoms with E-state index in [1.165, 1.54) is 10.6 Å². The minimum absolute atomic E-state index is 0.340. The van der Waals surface area contributed by atoms with Crippen LogP contribution in [0, 0.1) is 0 Å². The van der Waals surface area contributed by atoms with Crippen molar-refractivity contribution < 1.29 is 9.84 Å². The molecule has 1 aliphatic rings. The van der Waals surface area contributed by atoms with Crippen molar-refractivity contribution in [3.63, 3.8) is 0 Å². The maximum Gasteiger partial charge on any atom is 0.131 e. The smallest absolute Gasteiger partial charge is 0.131 e. The van der Waals surface area contributed by atoms with Gasteiger partial charge in [0.05, 0.1) is 16.8 Å². The number of aliphatic hydroxyl groups excluding tert-OH is 1. The third-order valence-electron chi connectivity index (χ3n) is 3.85. The van der Waals surface area contributed by atoms with Gasteiger partial charge in [0, 0.05) is 5.38 Å². The van der Waals surface area contributed by atoms with E-state index in [9.17, 15) is 5.11 Å². The molecule has 3 nitrogen and oxygen atoms in total. The van der Waals surface area contributed by atoms with Crippen LogP contribution in [-0.4, -0.2) is 10.1 Å². The van der Waals surface area contributed by atoms with Crippen LogP contribution in [0.4, 0.5) is 0 Å². The molecule has 1 aromatic carbocycles. The lowest BCUT2D eigenvalue weighted by atomic mass is 9.89. The maximum absolute atomic E-state index is 10.1. The van der Waals surface area contributed by atoms with Crippen LogP contribution in [0.2, 0.25) is 0 Å². The highest BCUT2D eigenvalue weighted by Crippen LogP contribution is 2.32. The molecule has 0 saturated carbocycles. The fourth-order valence-electron chi connectivity index (χ4n) is 2.74. The van der Waals surface area contributed by atoms with Crippen molar-refractivity contribution in [2.24, 2.45) is 0 Å². The van der Waals surface area contributed by atoms with Crippen molar-refractivity contribution in [3.8, 4) is 5.75 Å². The average Bonchev–Trinajstić information content (AvgIpc) is 2.94. The van der Waals surface area contributed by atoms with Crippen LogP contribution >= 0.6 is 11.3 Å². The van der Waals surface area contributed by atoms with E-state index in [1.807, 2.05) is 12.1 Å². The monoisotopic (exact) mass is 303 g/mol. The first-order chi connectivity index (χ1) is 10.3. The van der Waals surface area contributed by atoms with E-state index in [0.717, 1.165) is 49.1 Å². The second-order valence-electron chi connectivity index (χ2n) is 5.54. The number of thiazole rings is 1. The standard InChI is InChI=1S/C17H21NO2S/c1-2-4-17-18-13(11-21-17)10-20-14-8-7-12-5-3-6-16(19)15(12)9-14/h7-9,11,16,19H,2-6,10H2,1H3. The largest absolute Gasteiger partial charge is 0.487 e. The predicted octanol–water partition coefficient (Wildman–Crippen LogP) is 4.04. The van der Waals surface area contributed by atoms with Gasteiger partial charge < -0.3 is 9.84 Å². The lowest BCUT2D eigenvalue weighted by Crippen LogP contribution is -2.09. The van der Waals surface area contributed by atoms with E-state index in [4.69, 9.17) is 4.74 Å². The summed E-state index contributed by atoms with van der Waals surface area (Å²) in [6, 6.07) is 6.06. The summed E-state index contributed by atoms with van der Waals surface area (Å²) in [6.45, 7) is 2.66. The summed E-state index contributed by atoms with van der Waals surface area (Å²) in [4.78, 5) is 4.56. The minimum atomic E-state index is -0.340. The van der Waals surface area contributed by atoms with Gasteiger partial charge in [0.25, 0.3) is 0 Å². The summed E-state index contributed by atoms with van der Waals surface area (Å²) in [5.74, 6) is 0.819. The number of hydrogen-bond donors (Lipinski definition) is 1. The number of aryl methyl sites for hydroxylation is 2. The zero-order chi connectivity index (χ0) is 14.7. The molecule has 1 aromatic heterocycles. The highest BCUT2D eigenvalue weighted by molar-refractivity contribution is 7.09. The molecule has 0 spiro atoms. The molecule has 112 valence electrons. The molecule has 0 aliphatic heterocycles. The molecule has 21 heavy (non-hydrogen) atoms. The fraction of sp³-hybridized carbons (Fsp3) is 0.471. The number of ether oxygens (including phenoxy) is 1. The first kappa shape index (κ1) is 14.5. The van der Waals surface area contributed by atoms with Gasteiger partial charge in [-0.1, -0.05) is 13.0 Å². The second kappa shape index (κ2) is 6.58. The molecule has 1 N–H and O–H groups in total. The normalized spacial score (nSPS) is 17.5. The highest BCUT2D eigenvalue weighted by atomic mass is 32.1. The number of fused-ring (bicyclic) bond motifs is 1. The molecule has 0 fully saturated rings. The molecule has 1 aliphatic carbocycles. The predicted molar refractivity (Wildman–Crippen MR) is 84.8 cm³/mol. The zero-order valence-corrected chi connectivity index (χ0v) is 13.2. The molecular formula is C17H21NO2S. The fourth-order valence-corrected chi connectivity index (χ4v) is 3.63. The van der Waals surface area contributed by atoms with E-state index in [-0.39, 0.29) is 6.10 Å². The summed E-state index contributed by atoms with van der Waals surface area (Å²) in [5.41, 5.74) is 3.27. The Labute approximate surface area is 129 Å². The number of hydrogen-bond acceptors (Lipinski definition) is 4. The summed E-state index contributed by atoms with van der Waals surface area (Å²) in [6.07, 6.45) is 4.79. The van der Waals surface area contributed by atoms with Crippen molar-refractivity contribution >= 4 is 11.3 Å². The summed E-state index contributed by atoms with van der Waals surface area (Å²) < 4.78 is 5.83. The van der Waals surface area contributed by atoms with E-state index in [2.05, 4.69) is 23.4 Å². The van der Waals surface area contributed by atoms with Crippen LogP contribution < -0.4 is 4.74 Å². The maximum atomic E-state index is 10.1. The van der Waals surface area contributed by atoms with Crippen LogP contribution in [0.15, 0.2) is 23.6 Å². The van der Waals surface area contributed by atoms with Crippen molar-refractivity contribution in [3.05, 3.63) is 45.4 Å². The molecule has 4 heteroatoms. The minimum Gasteiger partial charge on any atom is -0.487 e. The molecular weight excluding hydrogens is 282 g/mol. The molecule has 1 atom stereocenters. The Balaban J connectivity index is 1.66. The highest BCUT2D eigenvalue weighted by Gasteiger charge is 2.18. The van der Waals surface area contributed by atoms with Gasteiger partial charge in [0.1, 0.15) is 12.4 Å². The van der Waals surface area contributed by atoms with Crippen LogP contribution in [0.5, 0.6) is 5.75 Å². The van der Waals surface area contributed by atoms with E-state index < -0.39 is 0 Å². The van der Waals surface area contributed by atoms with E-state index in [1.54, 1.807) is 11.3 Å². The van der Waals surface area contributed by atoms with Gasteiger partial charge in [0.15, 0.2) is 0 Å². The van der Waals surface area contributed by atoms with Gasteiger partial charge in [-0.3, -0.25) is 0 Å². The summed E-state index contributed by atoms with van der Waals surface area (Å²) in [5, 5.41) is 13.3. The van der Waals surface area contributed by atoms with Crippen LogP contribution in [0.3, 0.4) is 0 Å². The molecule has 0 amide bonds. The van der Waals surface area contributed by atoms with Gasteiger partial charge in [-0.05, 0) is 55.4 Å². The Hall–Kier alpha value is -1.39. The Bertz CT molecular complexity index is 609. The van der Waals surface area contributed by atoms with Gasteiger partial charge in [-0.15, -0.1) is 11.3 Å². The molecule has 3 rings (SSSR count). The molecule has 0 saturated heterocycles. The quantitative estimate of drug-likeness (QED) is 0.906. The number of nitrogens with zero attached hydrogens (tertiary/aromatic N) is 1. The van der Waals surface area contributed by atoms with Crippen molar-refractivity contribution in [1.82, 2.24) is 4.98 Å². The van der Waals surface area contributed by atoms with Crippen LogP contribution in [-0.2, 0) is 19.4 Å². The topological polar surface area (TPSA) is 42.4 Å².